The smallest absolute Gasteiger partial charge is 0.157 e. The monoisotopic (exact) mass is 392 g/mol. The number of fused-ring (bicyclic) bond motifs is 1. The molecule has 0 radical (unpaired) electrons. The molecule has 0 aliphatic rings. The van der Waals surface area contributed by atoms with E-state index in [9.17, 15) is 4.39 Å². The second kappa shape index (κ2) is 7.18. The number of nitrogens with one attached hydrogen (secondary N) is 1. The van der Waals surface area contributed by atoms with Crippen LogP contribution in [0.1, 0.15) is 5.56 Å². The van der Waals surface area contributed by atoms with Crippen molar-refractivity contribution >= 4 is 11.2 Å². The Morgan fingerprint density at radius 3 is 2.43 bits per heavy atom. The quantitative estimate of drug-likeness (QED) is 0.478. The van der Waals surface area contributed by atoms with Crippen molar-refractivity contribution in [2.24, 2.45) is 0 Å². The van der Waals surface area contributed by atoms with E-state index >= 15 is 0 Å². The molecule has 1 N–H and O–H groups in total. The highest BCUT2D eigenvalue weighted by molar-refractivity contribution is 5.87. The van der Waals surface area contributed by atoms with Crippen molar-refractivity contribution < 1.29 is 4.39 Å². The minimum absolute atomic E-state index is 0.319. The molecule has 4 aromatic heterocycles. The SMILES string of the molecule is N#Cc1ccc(-c2cc3nc(-c4ccncc4F)c(-c4cccnc4)nc3[nH]2)cc1. The van der Waals surface area contributed by atoms with Crippen molar-refractivity contribution in [2.45, 2.75) is 0 Å². The van der Waals surface area contributed by atoms with Crippen molar-refractivity contribution in [1.82, 2.24) is 24.9 Å². The maximum Gasteiger partial charge on any atom is 0.157 e. The van der Waals surface area contributed by atoms with Crippen molar-refractivity contribution in [3.05, 3.63) is 84.7 Å². The Morgan fingerprint density at radius 2 is 1.70 bits per heavy atom. The Bertz CT molecular complexity index is 1400. The summed E-state index contributed by atoms with van der Waals surface area (Å²) in [5.74, 6) is -0.473. The zero-order chi connectivity index (χ0) is 20.5. The fourth-order valence-corrected chi connectivity index (χ4v) is 3.28. The lowest BCUT2D eigenvalue weighted by Gasteiger charge is -2.09. The topological polar surface area (TPSA) is 91.1 Å². The first-order chi connectivity index (χ1) is 14.7. The molecule has 30 heavy (non-hydrogen) atoms. The van der Waals surface area contributed by atoms with Crippen LogP contribution in [0.25, 0.3) is 44.9 Å². The molecule has 0 atom stereocenters. The maximum atomic E-state index is 14.5. The summed E-state index contributed by atoms with van der Waals surface area (Å²) >= 11 is 0. The number of hydrogen-bond acceptors (Lipinski definition) is 5. The van der Waals surface area contributed by atoms with Gasteiger partial charge in [0.05, 0.1) is 17.8 Å². The highest BCUT2D eigenvalue weighted by Crippen LogP contribution is 2.33. The molecule has 0 aliphatic carbocycles. The lowest BCUT2D eigenvalue weighted by atomic mass is 10.1. The van der Waals surface area contributed by atoms with Crippen LogP contribution in [-0.4, -0.2) is 24.9 Å². The van der Waals surface area contributed by atoms with Crippen LogP contribution in [0.5, 0.6) is 0 Å². The summed E-state index contributed by atoms with van der Waals surface area (Å²) in [6.07, 6.45) is 6.02. The van der Waals surface area contributed by atoms with E-state index < -0.39 is 5.82 Å². The van der Waals surface area contributed by atoms with Crippen LogP contribution < -0.4 is 0 Å². The Labute approximate surface area is 170 Å². The fourth-order valence-electron chi connectivity index (χ4n) is 3.28. The van der Waals surface area contributed by atoms with Crippen LogP contribution in [0, 0.1) is 17.1 Å². The Morgan fingerprint density at radius 1 is 0.867 bits per heavy atom. The van der Waals surface area contributed by atoms with Gasteiger partial charge in [-0.25, -0.2) is 14.4 Å². The van der Waals surface area contributed by atoms with Gasteiger partial charge in [-0.2, -0.15) is 5.26 Å². The van der Waals surface area contributed by atoms with Gasteiger partial charge in [-0.05, 0) is 42.0 Å². The predicted octanol–water partition coefficient (Wildman–Crippen LogP) is 4.76. The Hall–Kier alpha value is -4.44. The third kappa shape index (κ3) is 3.06. The van der Waals surface area contributed by atoms with Gasteiger partial charge in [0.2, 0.25) is 0 Å². The van der Waals surface area contributed by atoms with Crippen molar-refractivity contribution in [3.8, 4) is 39.8 Å². The molecule has 0 fully saturated rings. The normalized spacial score (nSPS) is 10.8. The van der Waals surface area contributed by atoms with E-state index in [1.54, 1.807) is 36.7 Å². The van der Waals surface area contributed by atoms with Gasteiger partial charge in [-0.1, -0.05) is 12.1 Å². The van der Waals surface area contributed by atoms with E-state index in [4.69, 9.17) is 15.2 Å². The average Bonchev–Trinajstić information content (AvgIpc) is 3.22. The van der Waals surface area contributed by atoms with Gasteiger partial charge < -0.3 is 4.98 Å². The summed E-state index contributed by atoms with van der Waals surface area (Å²) in [6, 6.07) is 16.4. The van der Waals surface area contributed by atoms with E-state index in [0.717, 1.165) is 23.0 Å². The molecule has 0 unspecified atom stereocenters. The molecule has 0 saturated heterocycles. The Kier molecular flexibility index (Phi) is 4.23. The molecule has 0 spiro atoms. The average molecular weight is 392 g/mol. The maximum absolute atomic E-state index is 14.5. The molecule has 142 valence electrons. The third-order valence-electron chi connectivity index (χ3n) is 4.74. The number of rotatable bonds is 3. The lowest BCUT2D eigenvalue weighted by Crippen LogP contribution is -1.97. The minimum Gasteiger partial charge on any atom is -0.338 e. The van der Waals surface area contributed by atoms with Gasteiger partial charge in [-0.15, -0.1) is 0 Å². The summed E-state index contributed by atoms with van der Waals surface area (Å²) in [7, 11) is 0. The number of aromatic amines is 1. The summed E-state index contributed by atoms with van der Waals surface area (Å²) in [5, 5.41) is 9.00. The number of halogens is 1. The number of aromatic nitrogens is 5. The molecule has 0 saturated carbocycles. The summed E-state index contributed by atoms with van der Waals surface area (Å²) < 4.78 is 14.5. The zero-order valence-corrected chi connectivity index (χ0v) is 15.5. The second-order valence-corrected chi connectivity index (χ2v) is 6.62. The van der Waals surface area contributed by atoms with E-state index in [1.807, 2.05) is 24.3 Å². The number of nitrogens with zero attached hydrogens (tertiary/aromatic N) is 5. The third-order valence-corrected chi connectivity index (χ3v) is 4.74. The van der Waals surface area contributed by atoms with Gasteiger partial charge >= 0.3 is 0 Å². The molecule has 1 aromatic carbocycles. The van der Waals surface area contributed by atoms with Crippen LogP contribution in [0.3, 0.4) is 0 Å². The van der Waals surface area contributed by atoms with E-state index in [-0.39, 0.29) is 0 Å². The molecule has 7 heteroatoms. The molecule has 4 heterocycles. The zero-order valence-electron chi connectivity index (χ0n) is 15.5. The molecule has 6 nitrogen and oxygen atoms in total. The highest BCUT2D eigenvalue weighted by Gasteiger charge is 2.18. The van der Waals surface area contributed by atoms with Gasteiger partial charge in [0.25, 0.3) is 0 Å². The van der Waals surface area contributed by atoms with Crippen molar-refractivity contribution in [1.29, 1.82) is 5.26 Å². The molecule has 0 bridgehead atoms. The first-order valence-electron chi connectivity index (χ1n) is 9.14. The first-order valence-corrected chi connectivity index (χ1v) is 9.14. The van der Waals surface area contributed by atoms with Gasteiger partial charge in [-0.3, -0.25) is 9.97 Å². The summed E-state index contributed by atoms with van der Waals surface area (Å²) in [6.45, 7) is 0. The molecule has 5 aromatic rings. The van der Waals surface area contributed by atoms with E-state index in [0.29, 0.717) is 33.7 Å². The largest absolute Gasteiger partial charge is 0.338 e. The van der Waals surface area contributed by atoms with Gasteiger partial charge in [0, 0.05) is 35.4 Å². The van der Waals surface area contributed by atoms with Gasteiger partial charge in [0.1, 0.15) is 16.9 Å². The molecule has 5 rings (SSSR count). The highest BCUT2D eigenvalue weighted by atomic mass is 19.1. The number of pyridine rings is 2. The number of H-pyrrole nitrogens is 1. The van der Waals surface area contributed by atoms with E-state index in [2.05, 4.69) is 21.0 Å². The van der Waals surface area contributed by atoms with Crippen LogP contribution >= 0.6 is 0 Å². The minimum atomic E-state index is -0.473. The number of nitriles is 1. The summed E-state index contributed by atoms with van der Waals surface area (Å²) in [4.78, 5) is 20.7. The van der Waals surface area contributed by atoms with Crippen molar-refractivity contribution in [3.63, 3.8) is 0 Å². The number of hydrogen-bond donors (Lipinski definition) is 1. The molecular weight excluding hydrogens is 379 g/mol. The standard InChI is InChI=1S/C23H13FN6/c24-18-13-27-9-7-17(18)22-21(16-2-1-8-26-12-16)30-23-20(28-22)10-19(29-23)15-5-3-14(11-25)4-6-15/h1-10,12-13H,(H,29,30). The first kappa shape index (κ1) is 17.6. The second-order valence-electron chi connectivity index (χ2n) is 6.62. The van der Waals surface area contributed by atoms with Crippen LogP contribution in [0.2, 0.25) is 0 Å². The number of benzene rings is 1. The Balaban J connectivity index is 1.73. The van der Waals surface area contributed by atoms with Crippen LogP contribution in [0.15, 0.2) is 73.3 Å². The lowest BCUT2D eigenvalue weighted by molar-refractivity contribution is 0.624. The molecule has 0 aliphatic heterocycles. The van der Waals surface area contributed by atoms with E-state index in [1.165, 1.54) is 6.20 Å². The van der Waals surface area contributed by atoms with Gasteiger partial charge in [0.15, 0.2) is 11.5 Å². The summed E-state index contributed by atoms with van der Waals surface area (Å²) in [5.41, 5.74) is 5.45. The predicted molar refractivity (Wildman–Crippen MR) is 110 cm³/mol. The molecule has 0 amide bonds. The fraction of sp³-hybridized carbons (Fsp3) is 0. The van der Waals surface area contributed by atoms with Crippen molar-refractivity contribution in [2.75, 3.05) is 0 Å². The van der Waals surface area contributed by atoms with Crippen LogP contribution in [-0.2, 0) is 0 Å². The molecular formula is C23H13FN6. The van der Waals surface area contributed by atoms with Crippen LogP contribution in [0.4, 0.5) is 4.39 Å².